The predicted octanol–water partition coefficient (Wildman–Crippen LogP) is 3.81. The fraction of sp³-hybridized carbons (Fsp3) is 0.333. The summed E-state index contributed by atoms with van der Waals surface area (Å²) in [5.74, 6) is 1.17. The van der Waals surface area contributed by atoms with Gasteiger partial charge in [-0.2, -0.15) is 0 Å². The average molecular weight is 384 g/mol. The Morgan fingerprint density at radius 1 is 1.11 bits per heavy atom. The highest BCUT2D eigenvalue weighted by molar-refractivity contribution is 7.80. The molecule has 2 N–H and O–H groups in total. The van der Waals surface area contributed by atoms with Crippen LogP contribution in [0.3, 0.4) is 0 Å². The second-order valence-corrected chi connectivity index (χ2v) is 7.23. The molecular weight excluding hydrogens is 358 g/mol. The van der Waals surface area contributed by atoms with Gasteiger partial charge in [0.25, 0.3) is 5.91 Å². The van der Waals surface area contributed by atoms with Crippen LogP contribution in [0.1, 0.15) is 19.8 Å². The Kier molecular flexibility index (Phi) is 6.65. The first-order valence-electron chi connectivity index (χ1n) is 9.24. The molecule has 1 heterocycles. The van der Waals surface area contributed by atoms with E-state index in [1.807, 2.05) is 30.3 Å². The zero-order valence-corrected chi connectivity index (χ0v) is 16.3. The molecule has 0 saturated carbocycles. The Balaban J connectivity index is 1.44. The summed E-state index contributed by atoms with van der Waals surface area (Å²) in [6.45, 7) is 4.43. The van der Waals surface area contributed by atoms with Crippen LogP contribution in [0.15, 0.2) is 54.6 Å². The van der Waals surface area contributed by atoms with Crippen molar-refractivity contribution in [2.75, 3.05) is 29.9 Å². The molecule has 0 spiro atoms. The van der Waals surface area contributed by atoms with Gasteiger partial charge in [-0.1, -0.05) is 25.1 Å². The number of carbonyl (C=O) groups is 1. The van der Waals surface area contributed by atoms with E-state index in [0.29, 0.717) is 5.75 Å². The number of benzene rings is 2. The highest BCUT2D eigenvalue weighted by Gasteiger charge is 2.15. The Bertz CT molecular complexity index is 757. The predicted molar refractivity (Wildman–Crippen MR) is 113 cm³/mol. The topological polar surface area (TPSA) is 53.6 Å². The lowest BCUT2D eigenvalue weighted by molar-refractivity contribution is -0.121. The number of para-hydroxylation sites is 1. The summed E-state index contributed by atoms with van der Waals surface area (Å²) in [4.78, 5) is 14.3. The Morgan fingerprint density at radius 2 is 1.78 bits per heavy atom. The van der Waals surface area contributed by atoms with Crippen LogP contribution in [-0.4, -0.2) is 30.7 Å². The van der Waals surface area contributed by atoms with E-state index in [1.165, 1.54) is 18.5 Å². The zero-order chi connectivity index (χ0) is 19.1. The number of hydrogen-bond acceptors (Lipinski definition) is 4. The molecule has 0 radical (unpaired) electrons. The minimum Gasteiger partial charge on any atom is -0.484 e. The van der Waals surface area contributed by atoms with E-state index >= 15 is 0 Å². The number of ether oxygens (including phenoxy) is 1. The van der Waals surface area contributed by atoms with Crippen molar-refractivity contribution in [1.29, 1.82) is 0 Å². The van der Waals surface area contributed by atoms with Gasteiger partial charge in [-0.05, 0) is 67.4 Å². The first-order valence-corrected chi connectivity index (χ1v) is 9.64. The smallest absolute Gasteiger partial charge is 0.264 e. The van der Waals surface area contributed by atoms with E-state index < -0.39 is 0 Å². The van der Waals surface area contributed by atoms with Crippen LogP contribution in [0.2, 0.25) is 0 Å². The molecule has 142 valence electrons. The maximum atomic E-state index is 11.9. The van der Waals surface area contributed by atoms with Gasteiger partial charge in [0.05, 0.1) is 0 Å². The maximum absolute atomic E-state index is 11.9. The lowest BCUT2D eigenvalue weighted by Crippen LogP contribution is -2.37. The average Bonchev–Trinajstić information content (AvgIpc) is 2.68. The van der Waals surface area contributed by atoms with Crippen LogP contribution in [0, 0.1) is 5.92 Å². The minimum absolute atomic E-state index is 0.0852. The molecule has 27 heavy (non-hydrogen) atoms. The highest BCUT2D eigenvalue weighted by atomic mass is 32.1. The van der Waals surface area contributed by atoms with E-state index in [4.69, 9.17) is 17.0 Å². The van der Waals surface area contributed by atoms with E-state index in [-0.39, 0.29) is 17.6 Å². The monoisotopic (exact) mass is 383 g/mol. The largest absolute Gasteiger partial charge is 0.484 e. The summed E-state index contributed by atoms with van der Waals surface area (Å²) in [6, 6.07) is 17.3. The Morgan fingerprint density at radius 3 is 2.44 bits per heavy atom. The van der Waals surface area contributed by atoms with Crippen LogP contribution in [-0.2, 0) is 4.79 Å². The summed E-state index contributed by atoms with van der Waals surface area (Å²) in [5, 5.41) is 5.92. The minimum atomic E-state index is -0.296. The molecule has 3 rings (SSSR count). The van der Waals surface area contributed by atoms with Crippen LogP contribution in [0.5, 0.6) is 5.75 Å². The van der Waals surface area contributed by atoms with Gasteiger partial charge in [0.2, 0.25) is 0 Å². The molecule has 1 aliphatic rings. The summed E-state index contributed by atoms with van der Waals surface area (Å²) < 4.78 is 5.40. The molecule has 5 nitrogen and oxygen atoms in total. The van der Waals surface area contributed by atoms with E-state index in [2.05, 4.69) is 34.6 Å². The first-order chi connectivity index (χ1) is 13.1. The number of anilines is 2. The third-order valence-corrected chi connectivity index (χ3v) is 4.84. The van der Waals surface area contributed by atoms with Crippen molar-refractivity contribution in [3.05, 3.63) is 54.6 Å². The second kappa shape index (κ2) is 9.37. The molecule has 6 heteroatoms. The summed E-state index contributed by atoms with van der Waals surface area (Å²) in [6.07, 6.45) is 2.47. The maximum Gasteiger partial charge on any atom is 0.264 e. The molecule has 1 saturated heterocycles. The number of hydrogen-bond donors (Lipinski definition) is 2. The van der Waals surface area contributed by atoms with Gasteiger partial charge in [-0.25, -0.2) is 0 Å². The van der Waals surface area contributed by atoms with E-state index in [1.54, 1.807) is 12.1 Å². The van der Waals surface area contributed by atoms with Crippen molar-refractivity contribution in [3.63, 3.8) is 0 Å². The lowest BCUT2D eigenvalue weighted by atomic mass is 9.99. The van der Waals surface area contributed by atoms with Crippen molar-refractivity contribution in [1.82, 2.24) is 5.32 Å². The van der Waals surface area contributed by atoms with E-state index in [9.17, 15) is 4.79 Å². The zero-order valence-electron chi connectivity index (χ0n) is 15.5. The first kappa shape index (κ1) is 19.2. The lowest BCUT2D eigenvalue weighted by Gasteiger charge is -2.32. The molecule has 1 fully saturated rings. The number of thiocarbonyl (C=S) groups is 1. The number of piperidine rings is 1. The van der Waals surface area contributed by atoms with Crippen molar-refractivity contribution < 1.29 is 9.53 Å². The van der Waals surface area contributed by atoms with Crippen LogP contribution in [0.25, 0.3) is 0 Å². The normalized spacial score (nSPS) is 14.5. The fourth-order valence-corrected chi connectivity index (χ4v) is 3.24. The molecule has 0 aromatic heterocycles. The van der Waals surface area contributed by atoms with Crippen molar-refractivity contribution in [3.8, 4) is 5.75 Å². The van der Waals surface area contributed by atoms with Gasteiger partial charge in [0.15, 0.2) is 11.7 Å². The number of nitrogens with zero attached hydrogens (tertiary/aromatic N) is 1. The molecule has 1 amide bonds. The van der Waals surface area contributed by atoms with Gasteiger partial charge < -0.3 is 15.0 Å². The third-order valence-electron chi connectivity index (χ3n) is 4.64. The molecule has 2 aromatic rings. The second-order valence-electron chi connectivity index (χ2n) is 6.82. The fourth-order valence-electron chi connectivity index (χ4n) is 3.01. The van der Waals surface area contributed by atoms with Crippen molar-refractivity contribution in [2.24, 2.45) is 5.92 Å². The van der Waals surface area contributed by atoms with Crippen molar-refractivity contribution in [2.45, 2.75) is 19.8 Å². The molecule has 0 unspecified atom stereocenters. The number of carbonyl (C=O) groups excluding carboxylic acids is 1. The van der Waals surface area contributed by atoms with Crippen LogP contribution < -0.4 is 20.3 Å². The number of nitrogens with one attached hydrogen (secondary N) is 2. The van der Waals surface area contributed by atoms with Gasteiger partial charge in [-0.15, -0.1) is 0 Å². The molecule has 0 atom stereocenters. The molecule has 0 bridgehead atoms. The van der Waals surface area contributed by atoms with Crippen molar-refractivity contribution >= 4 is 34.6 Å². The van der Waals surface area contributed by atoms with Gasteiger partial charge in [-0.3, -0.25) is 10.1 Å². The third kappa shape index (κ3) is 5.96. The van der Waals surface area contributed by atoms with Crippen LogP contribution >= 0.6 is 12.2 Å². The Hall–Kier alpha value is -2.60. The van der Waals surface area contributed by atoms with Gasteiger partial charge in [0, 0.05) is 24.5 Å². The summed E-state index contributed by atoms with van der Waals surface area (Å²) in [7, 11) is 0. The summed E-state index contributed by atoms with van der Waals surface area (Å²) >= 11 is 5.21. The molecule has 2 aromatic carbocycles. The molecule has 0 aliphatic carbocycles. The molecule has 1 aliphatic heterocycles. The quantitative estimate of drug-likeness (QED) is 0.769. The standard InChI is InChI=1S/C21H25N3O2S/c1-16-11-13-24(14-12-16)18-9-7-17(8-10-18)22-21(27)23-20(25)15-26-19-5-3-2-4-6-19/h2-10,16H,11-15H2,1H3,(H2,22,23,25,27). The van der Waals surface area contributed by atoms with Crippen LogP contribution in [0.4, 0.5) is 11.4 Å². The number of amides is 1. The number of rotatable bonds is 5. The van der Waals surface area contributed by atoms with Gasteiger partial charge >= 0.3 is 0 Å². The van der Waals surface area contributed by atoms with Gasteiger partial charge in [0.1, 0.15) is 5.75 Å². The highest BCUT2D eigenvalue weighted by Crippen LogP contribution is 2.24. The van der Waals surface area contributed by atoms with E-state index in [0.717, 1.165) is 24.7 Å². The Labute approximate surface area is 165 Å². The SMILES string of the molecule is CC1CCN(c2ccc(NC(=S)NC(=O)COc3ccccc3)cc2)CC1. The molecular formula is C21H25N3O2S. The summed E-state index contributed by atoms with van der Waals surface area (Å²) in [5.41, 5.74) is 2.07.